The second-order valence-corrected chi connectivity index (χ2v) is 5.12. The maximum Gasteiger partial charge on any atom is 0.245 e. The second-order valence-electron chi connectivity index (χ2n) is 5.12. The Labute approximate surface area is 126 Å². The quantitative estimate of drug-likeness (QED) is 0.702. The first-order valence-electron chi connectivity index (χ1n) is 7.46. The number of nitrogens with one attached hydrogen (secondary N) is 1. The van der Waals surface area contributed by atoms with Crippen molar-refractivity contribution in [1.82, 2.24) is 10.2 Å². The molecule has 1 heterocycles. The summed E-state index contributed by atoms with van der Waals surface area (Å²) in [6.07, 6.45) is 1.92. The molecular formula is C16H24N2O3. The number of carbonyl (C=O) groups excluding carboxylic acids is 1. The highest BCUT2D eigenvalue weighted by atomic mass is 16.5. The predicted molar refractivity (Wildman–Crippen MR) is 80.8 cm³/mol. The van der Waals surface area contributed by atoms with Gasteiger partial charge in [0.15, 0.2) is 0 Å². The van der Waals surface area contributed by atoms with Gasteiger partial charge in [-0.15, -0.1) is 0 Å². The van der Waals surface area contributed by atoms with Crippen molar-refractivity contribution in [3.05, 3.63) is 35.9 Å². The molecule has 0 saturated carbocycles. The van der Waals surface area contributed by atoms with Gasteiger partial charge in [-0.25, -0.2) is 0 Å². The summed E-state index contributed by atoms with van der Waals surface area (Å²) in [7, 11) is 1.67. The number of nitrogens with zero attached hydrogens (tertiary/aromatic N) is 1. The first kappa shape index (κ1) is 15.9. The average molecular weight is 292 g/mol. The van der Waals surface area contributed by atoms with Crippen LogP contribution in [0.4, 0.5) is 0 Å². The Morgan fingerprint density at radius 1 is 1.19 bits per heavy atom. The summed E-state index contributed by atoms with van der Waals surface area (Å²) in [4.78, 5) is 14.2. The van der Waals surface area contributed by atoms with Gasteiger partial charge in [0.2, 0.25) is 5.91 Å². The van der Waals surface area contributed by atoms with E-state index in [2.05, 4.69) is 5.32 Å². The normalized spacial score (nSPS) is 18.4. The SMILES string of the molecule is COCCOCCCCN1CNC(c2ccccc2)C1=O. The molecule has 1 atom stereocenters. The van der Waals surface area contributed by atoms with Gasteiger partial charge in [0.1, 0.15) is 6.04 Å². The Morgan fingerprint density at radius 3 is 2.76 bits per heavy atom. The molecule has 1 N–H and O–H groups in total. The third kappa shape index (κ3) is 4.81. The van der Waals surface area contributed by atoms with E-state index in [1.54, 1.807) is 7.11 Å². The van der Waals surface area contributed by atoms with Crippen LogP contribution in [0.3, 0.4) is 0 Å². The molecule has 0 spiro atoms. The zero-order valence-electron chi connectivity index (χ0n) is 12.6. The van der Waals surface area contributed by atoms with Crippen LogP contribution < -0.4 is 5.32 Å². The van der Waals surface area contributed by atoms with E-state index in [4.69, 9.17) is 9.47 Å². The van der Waals surface area contributed by atoms with E-state index in [1.807, 2.05) is 35.2 Å². The minimum Gasteiger partial charge on any atom is -0.382 e. The number of hydrogen-bond donors (Lipinski definition) is 1. The van der Waals surface area contributed by atoms with Crippen LogP contribution in [0.25, 0.3) is 0 Å². The highest BCUT2D eigenvalue weighted by Gasteiger charge is 2.31. The summed E-state index contributed by atoms with van der Waals surface area (Å²) < 4.78 is 10.3. The summed E-state index contributed by atoms with van der Waals surface area (Å²) in [6.45, 7) is 3.40. The Kier molecular flexibility index (Phi) is 6.66. The maximum absolute atomic E-state index is 12.3. The summed E-state index contributed by atoms with van der Waals surface area (Å²) >= 11 is 0. The van der Waals surface area contributed by atoms with Crippen molar-refractivity contribution in [2.24, 2.45) is 0 Å². The molecule has 1 fully saturated rings. The van der Waals surface area contributed by atoms with E-state index in [0.717, 1.165) is 31.6 Å². The molecule has 5 heteroatoms. The first-order valence-corrected chi connectivity index (χ1v) is 7.46. The van der Waals surface area contributed by atoms with E-state index in [0.29, 0.717) is 19.9 Å². The molecular weight excluding hydrogens is 268 g/mol. The lowest BCUT2D eigenvalue weighted by atomic mass is 10.1. The van der Waals surface area contributed by atoms with Crippen LogP contribution in [0, 0.1) is 0 Å². The molecule has 0 aromatic heterocycles. The van der Waals surface area contributed by atoms with Crippen molar-refractivity contribution in [2.45, 2.75) is 18.9 Å². The molecule has 1 aromatic rings. The van der Waals surface area contributed by atoms with Crippen molar-refractivity contribution >= 4 is 5.91 Å². The molecule has 2 rings (SSSR count). The molecule has 0 bridgehead atoms. The highest BCUT2D eigenvalue weighted by molar-refractivity contribution is 5.85. The lowest BCUT2D eigenvalue weighted by molar-refractivity contribution is -0.129. The largest absolute Gasteiger partial charge is 0.382 e. The molecule has 5 nitrogen and oxygen atoms in total. The van der Waals surface area contributed by atoms with E-state index in [9.17, 15) is 4.79 Å². The summed E-state index contributed by atoms with van der Waals surface area (Å²) in [5, 5.41) is 3.27. The smallest absolute Gasteiger partial charge is 0.245 e. The molecule has 0 radical (unpaired) electrons. The fourth-order valence-electron chi connectivity index (χ4n) is 2.40. The van der Waals surface area contributed by atoms with E-state index in [1.165, 1.54) is 0 Å². The molecule has 1 aliphatic rings. The number of ether oxygens (including phenoxy) is 2. The van der Waals surface area contributed by atoms with Crippen molar-refractivity contribution < 1.29 is 14.3 Å². The van der Waals surface area contributed by atoms with Crippen molar-refractivity contribution in [3.63, 3.8) is 0 Å². The zero-order valence-corrected chi connectivity index (χ0v) is 12.6. The molecule has 1 aliphatic heterocycles. The van der Waals surface area contributed by atoms with Crippen LogP contribution in [-0.4, -0.2) is 51.0 Å². The average Bonchev–Trinajstić information content (AvgIpc) is 2.88. The molecule has 1 amide bonds. The van der Waals surface area contributed by atoms with Gasteiger partial charge in [-0.1, -0.05) is 30.3 Å². The monoisotopic (exact) mass is 292 g/mol. The number of amides is 1. The molecule has 0 aliphatic carbocycles. The maximum atomic E-state index is 12.3. The number of benzene rings is 1. The number of carbonyl (C=O) groups is 1. The predicted octanol–water partition coefficient (Wildman–Crippen LogP) is 1.56. The van der Waals surface area contributed by atoms with E-state index >= 15 is 0 Å². The highest BCUT2D eigenvalue weighted by Crippen LogP contribution is 2.20. The van der Waals surface area contributed by atoms with Crippen LogP contribution in [0.1, 0.15) is 24.4 Å². The van der Waals surface area contributed by atoms with Gasteiger partial charge >= 0.3 is 0 Å². The Bertz CT molecular complexity index is 425. The summed E-state index contributed by atoms with van der Waals surface area (Å²) in [5.41, 5.74) is 1.04. The molecule has 1 unspecified atom stereocenters. The number of rotatable bonds is 9. The Balaban J connectivity index is 1.66. The van der Waals surface area contributed by atoms with Gasteiger partial charge in [-0.05, 0) is 18.4 Å². The Morgan fingerprint density at radius 2 is 2.00 bits per heavy atom. The van der Waals surface area contributed by atoms with E-state index < -0.39 is 0 Å². The minimum atomic E-state index is -0.191. The minimum absolute atomic E-state index is 0.168. The van der Waals surface area contributed by atoms with Gasteiger partial charge in [-0.2, -0.15) is 0 Å². The van der Waals surface area contributed by atoms with Gasteiger partial charge in [0.25, 0.3) is 0 Å². The number of hydrogen-bond acceptors (Lipinski definition) is 4. The standard InChI is InChI=1S/C16H24N2O3/c1-20-11-12-21-10-6-5-9-18-13-17-15(16(18)19)14-7-3-2-4-8-14/h2-4,7-8,15,17H,5-6,9-13H2,1H3. The fourth-order valence-corrected chi connectivity index (χ4v) is 2.40. The van der Waals surface area contributed by atoms with Crippen LogP contribution in [0.15, 0.2) is 30.3 Å². The van der Waals surface area contributed by atoms with Crippen molar-refractivity contribution in [2.75, 3.05) is 40.1 Å². The zero-order chi connectivity index (χ0) is 14.9. The van der Waals surface area contributed by atoms with Crippen LogP contribution in [0.2, 0.25) is 0 Å². The third-order valence-corrected chi connectivity index (χ3v) is 3.58. The Hall–Kier alpha value is -1.43. The van der Waals surface area contributed by atoms with Crippen molar-refractivity contribution in [3.8, 4) is 0 Å². The van der Waals surface area contributed by atoms with Gasteiger partial charge < -0.3 is 14.4 Å². The first-order chi connectivity index (χ1) is 10.3. The van der Waals surface area contributed by atoms with Gasteiger partial charge in [-0.3, -0.25) is 10.1 Å². The molecule has 1 saturated heterocycles. The fraction of sp³-hybridized carbons (Fsp3) is 0.562. The number of unbranched alkanes of at least 4 members (excludes halogenated alkanes) is 1. The second kappa shape index (κ2) is 8.77. The van der Waals surface area contributed by atoms with Crippen LogP contribution in [-0.2, 0) is 14.3 Å². The summed E-state index contributed by atoms with van der Waals surface area (Å²) in [6, 6.07) is 9.67. The molecule has 21 heavy (non-hydrogen) atoms. The third-order valence-electron chi connectivity index (χ3n) is 3.58. The summed E-state index contributed by atoms with van der Waals surface area (Å²) in [5.74, 6) is 0.168. The lowest BCUT2D eigenvalue weighted by Gasteiger charge is -2.15. The molecule has 116 valence electrons. The van der Waals surface area contributed by atoms with E-state index in [-0.39, 0.29) is 11.9 Å². The van der Waals surface area contributed by atoms with Crippen LogP contribution in [0.5, 0.6) is 0 Å². The lowest BCUT2D eigenvalue weighted by Crippen LogP contribution is -2.28. The van der Waals surface area contributed by atoms with Gasteiger partial charge in [0, 0.05) is 20.3 Å². The van der Waals surface area contributed by atoms with Gasteiger partial charge in [0.05, 0.1) is 19.9 Å². The van der Waals surface area contributed by atoms with Crippen LogP contribution >= 0.6 is 0 Å². The number of methoxy groups -OCH3 is 1. The van der Waals surface area contributed by atoms with Crippen molar-refractivity contribution in [1.29, 1.82) is 0 Å². The topological polar surface area (TPSA) is 50.8 Å². The molecule has 1 aromatic carbocycles.